The number of amides is 1. The van der Waals surface area contributed by atoms with Crippen LogP contribution in [0.3, 0.4) is 0 Å². The van der Waals surface area contributed by atoms with Gasteiger partial charge in [-0.1, -0.05) is 42.5 Å². The highest BCUT2D eigenvalue weighted by Crippen LogP contribution is 2.18. The van der Waals surface area contributed by atoms with E-state index in [0.717, 1.165) is 36.7 Å². The first-order valence-electron chi connectivity index (χ1n) is 9.80. The first-order valence-corrected chi connectivity index (χ1v) is 9.80. The molecule has 0 saturated carbocycles. The molecule has 2 rings (SSSR count). The molecule has 4 nitrogen and oxygen atoms in total. The van der Waals surface area contributed by atoms with Gasteiger partial charge < -0.3 is 14.5 Å². The Bertz CT molecular complexity index is 693. The highest BCUT2D eigenvalue weighted by Gasteiger charge is 2.13. The molecule has 0 unspecified atom stereocenters. The number of aryl methyl sites for hydroxylation is 1. The number of hydrogen-bond acceptors (Lipinski definition) is 2. The van der Waals surface area contributed by atoms with Crippen molar-refractivity contribution in [2.75, 3.05) is 40.8 Å². The zero-order valence-corrected chi connectivity index (χ0v) is 16.9. The summed E-state index contributed by atoms with van der Waals surface area (Å²) in [4.78, 5) is 12.4. The molecule has 27 heavy (non-hydrogen) atoms. The predicted molar refractivity (Wildman–Crippen MR) is 111 cm³/mol. The molecule has 2 aromatic rings. The molecule has 2 aromatic carbocycles. The molecule has 0 aliphatic heterocycles. The van der Waals surface area contributed by atoms with Gasteiger partial charge in [-0.05, 0) is 43.4 Å². The van der Waals surface area contributed by atoms with Crippen molar-refractivity contribution in [1.82, 2.24) is 5.32 Å². The maximum Gasteiger partial charge on any atom is 0.255 e. The Labute approximate surface area is 163 Å². The van der Waals surface area contributed by atoms with Crippen LogP contribution in [0.4, 0.5) is 0 Å². The van der Waals surface area contributed by atoms with Crippen LogP contribution in [0.15, 0.2) is 54.6 Å². The first kappa shape index (κ1) is 21.0. The molecule has 0 heterocycles. The topological polar surface area (TPSA) is 38.3 Å². The molecule has 0 aliphatic rings. The third-order valence-corrected chi connectivity index (χ3v) is 4.41. The molecule has 1 amide bonds. The number of carbonyl (C=O) groups excluding carboxylic acids is 1. The van der Waals surface area contributed by atoms with Gasteiger partial charge in [0.05, 0.1) is 46.4 Å². The second kappa shape index (κ2) is 10.7. The minimum atomic E-state index is -0.0665. The number of benzene rings is 2. The van der Waals surface area contributed by atoms with Gasteiger partial charge in [-0.15, -0.1) is 0 Å². The van der Waals surface area contributed by atoms with Gasteiger partial charge in [-0.3, -0.25) is 4.79 Å². The fourth-order valence-electron chi connectivity index (χ4n) is 2.81. The molecule has 0 bridgehead atoms. The second-order valence-electron chi connectivity index (χ2n) is 7.91. The van der Waals surface area contributed by atoms with Gasteiger partial charge in [0.2, 0.25) is 0 Å². The molecular weight excluding hydrogens is 336 g/mol. The smallest absolute Gasteiger partial charge is 0.255 e. The van der Waals surface area contributed by atoms with Crippen LogP contribution in [0.5, 0.6) is 5.75 Å². The minimum Gasteiger partial charge on any atom is -0.493 e. The number of nitrogens with zero attached hydrogens (tertiary/aromatic N) is 1. The summed E-state index contributed by atoms with van der Waals surface area (Å²) in [7, 11) is 6.34. The summed E-state index contributed by atoms with van der Waals surface area (Å²) in [5, 5.41) is 2.99. The van der Waals surface area contributed by atoms with E-state index in [1.807, 2.05) is 30.3 Å². The third-order valence-electron chi connectivity index (χ3n) is 4.41. The number of nitrogens with one attached hydrogen (secondary N) is 1. The van der Waals surface area contributed by atoms with E-state index < -0.39 is 0 Å². The lowest BCUT2D eigenvalue weighted by Crippen LogP contribution is -2.41. The van der Waals surface area contributed by atoms with Gasteiger partial charge in [0.1, 0.15) is 5.75 Å². The Kier molecular flexibility index (Phi) is 8.34. The number of carbonyl (C=O) groups is 1. The quantitative estimate of drug-likeness (QED) is 0.482. The van der Waals surface area contributed by atoms with E-state index in [0.29, 0.717) is 24.5 Å². The summed E-state index contributed by atoms with van der Waals surface area (Å²) in [5.41, 5.74) is 2.00. The normalized spacial score (nSPS) is 11.2. The number of hydrogen-bond donors (Lipinski definition) is 1. The Balaban J connectivity index is 1.72. The SMILES string of the molecule is C[N+](C)(C)CCNC(=O)c1ccccc1OCCCCCc1ccccc1. The number of unbranched alkanes of at least 4 members (excludes halogenated alkanes) is 2. The van der Waals surface area contributed by atoms with Crippen molar-refractivity contribution in [1.29, 1.82) is 0 Å². The third kappa shape index (κ3) is 8.27. The van der Waals surface area contributed by atoms with Crippen molar-refractivity contribution in [3.63, 3.8) is 0 Å². The van der Waals surface area contributed by atoms with Crippen molar-refractivity contribution in [2.45, 2.75) is 25.7 Å². The molecule has 0 aromatic heterocycles. The Morgan fingerprint density at radius 1 is 0.926 bits per heavy atom. The number of ether oxygens (including phenoxy) is 1. The second-order valence-corrected chi connectivity index (χ2v) is 7.91. The summed E-state index contributed by atoms with van der Waals surface area (Å²) in [6.45, 7) is 2.17. The van der Waals surface area contributed by atoms with E-state index in [1.165, 1.54) is 5.56 Å². The maximum atomic E-state index is 12.4. The highest BCUT2D eigenvalue weighted by atomic mass is 16.5. The van der Waals surface area contributed by atoms with E-state index in [-0.39, 0.29) is 5.91 Å². The van der Waals surface area contributed by atoms with Crippen LogP contribution < -0.4 is 10.1 Å². The maximum absolute atomic E-state index is 12.4. The van der Waals surface area contributed by atoms with E-state index in [2.05, 4.69) is 50.7 Å². The van der Waals surface area contributed by atoms with E-state index in [4.69, 9.17) is 4.74 Å². The Morgan fingerprint density at radius 3 is 2.37 bits per heavy atom. The number of para-hydroxylation sites is 1. The summed E-state index contributed by atoms with van der Waals surface area (Å²) in [5.74, 6) is 0.603. The lowest BCUT2D eigenvalue weighted by Gasteiger charge is -2.23. The van der Waals surface area contributed by atoms with E-state index in [9.17, 15) is 4.79 Å². The van der Waals surface area contributed by atoms with Crippen molar-refractivity contribution in [2.24, 2.45) is 0 Å². The van der Waals surface area contributed by atoms with Gasteiger partial charge in [-0.25, -0.2) is 0 Å². The van der Waals surface area contributed by atoms with Gasteiger partial charge >= 0.3 is 0 Å². The zero-order chi connectivity index (χ0) is 19.5. The molecule has 146 valence electrons. The largest absolute Gasteiger partial charge is 0.493 e. The lowest BCUT2D eigenvalue weighted by atomic mass is 10.1. The molecule has 0 saturated heterocycles. The molecule has 0 fully saturated rings. The van der Waals surface area contributed by atoms with Gasteiger partial charge in [0, 0.05) is 0 Å². The van der Waals surface area contributed by atoms with Crippen molar-refractivity contribution >= 4 is 5.91 Å². The summed E-state index contributed by atoms with van der Waals surface area (Å²) in [6.07, 6.45) is 4.36. The summed E-state index contributed by atoms with van der Waals surface area (Å²) >= 11 is 0. The average molecular weight is 370 g/mol. The van der Waals surface area contributed by atoms with Gasteiger partial charge in [0.25, 0.3) is 5.91 Å². The van der Waals surface area contributed by atoms with E-state index in [1.54, 1.807) is 0 Å². The van der Waals surface area contributed by atoms with Crippen LogP contribution in [0.25, 0.3) is 0 Å². The molecule has 0 aliphatic carbocycles. The number of rotatable bonds is 11. The van der Waals surface area contributed by atoms with Crippen LogP contribution in [0, 0.1) is 0 Å². The van der Waals surface area contributed by atoms with Crippen molar-refractivity contribution < 1.29 is 14.0 Å². The van der Waals surface area contributed by atoms with Crippen molar-refractivity contribution in [3.05, 3.63) is 65.7 Å². The minimum absolute atomic E-state index is 0.0665. The van der Waals surface area contributed by atoms with Crippen LogP contribution in [-0.2, 0) is 6.42 Å². The van der Waals surface area contributed by atoms with Crippen LogP contribution in [0.1, 0.15) is 35.2 Å². The molecular formula is C23H33N2O2+. The molecule has 0 radical (unpaired) electrons. The van der Waals surface area contributed by atoms with Crippen LogP contribution in [0.2, 0.25) is 0 Å². The Hall–Kier alpha value is -2.33. The summed E-state index contributed by atoms with van der Waals surface area (Å²) in [6, 6.07) is 18.0. The fourth-order valence-corrected chi connectivity index (χ4v) is 2.81. The van der Waals surface area contributed by atoms with Gasteiger partial charge in [-0.2, -0.15) is 0 Å². The standard InChI is InChI=1S/C23H32N2O2/c1-25(2,3)18-17-24-23(26)21-15-9-10-16-22(21)27-19-11-5-8-14-20-12-6-4-7-13-20/h4,6-7,9-10,12-13,15-16H,5,8,11,14,17-19H2,1-3H3/p+1. The monoisotopic (exact) mass is 369 g/mol. The molecule has 1 N–H and O–H groups in total. The Morgan fingerprint density at radius 2 is 1.63 bits per heavy atom. The van der Waals surface area contributed by atoms with E-state index >= 15 is 0 Å². The number of quaternary nitrogens is 1. The van der Waals surface area contributed by atoms with Crippen LogP contribution in [-0.4, -0.2) is 51.2 Å². The van der Waals surface area contributed by atoms with Crippen molar-refractivity contribution in [3.8, 4) is 5.75 Å². The first-order chi connectivity index (χ1) is 13.0. The summed E-state index contributed by atoms with van der Waals surface area (Å²) < 4.78 is 6.71. The molecule has 0 atom stereocenters. The lowest BCUT2D eigenvalue weighted by molar-refractivity contribution is -0.869. The predicted octanol–water partition coefficient (Wildman–Crippen LogP) is 3.91. The van der Waals surface area contributed by atoms with Crippen LogP contribution >= 0.6 is 0 Å². The van der Waals surface area contributed by atoms with Gasteiger partial charge in [0.15, 0.2) is 0 Å². The fraction of sp³-hybridized carbons (Fsp3) is 0.435. The molecule has 4 heteroatoms. The average Bonchev–Trinajstić information content (AvgIpc) is 2.64. The number of likely N-dealkylation sites (N-methyl/N-ethyl adjacent to an activating group) is 1. The zero-order valence-electron chi connectivity index (χ0n) is 16.9. The molecule has 0 spiro atoms. The highest BCUT2D eigenvalue weighted by molar-refractivity contribution is 5.96.